The number of ether oxygens (including phenoxy) is 1. The monoisotopic (exact) mass is 423 g/mol. The summed E-state index contributed by atoms with van der Waals surface area (Å²) in [7, 11) is 0. The molecule has 3 N–H and O–H groups in total. The van der Waals surface area contributed by atoms with Crippen molar-refractivity contribution < 1.29 is 14.3 Å². The summed E-state index contributed by atoms with van der Waals surface area (Å²) in [6.45, 7) is -0.541. The molecule has 0 fully saturated rings. The third kappa shape index (κ3) is 4.08. The molecule has 1 heterocycles. The lowest BCUT2D eigenvalue weighted by molar-refractivity contribution is -0.119. The summed E-state index contributed by atoms with van der Waals surface area (Å²) >= 11 is 17.5. The molecule has 3 aromatic rings. The predicted octanol–water partition coefficient (Wildman–Crippen LogP) is 4.57. The van der Waals surface area contributed by atoms with E-state index in [9.17, 15) is 9.59 Å². The summed E-state index contributed by atoms with van der Waals surface area (Å²) in [6, 6.07) is 13.0. The summed E-state index contributed by atoms with van der Waals surface area (Å²) in [5.41, 5.74) is 5.85. The van der Waals surface area contributed by atoms with Gasteiger partial charge in [0, 0.05) is 11.1 Å². The van der Waals surface area contributed by atoms with Crippen LogP contribution in [0.1, 0.15) is 10.5 Å². The summed E-state index contributed by atoms with van der Waals surface area (Å²) < 4.78 is 4.95. The van der Waals surface area contributed by atoms with Gasteiger partial charge in [0.2, 0.25) is 0 Å². The molecule has 0 aliphatic carbocycles. The maximum absolute atomic E-state index is 12.2. The van der Waals surface area contributed by atoms with Crippen LogP contribution in [0.3, 0.4) is 0 Å². The Bertz CT molecular complexity index is 1050. The third-order valence-corrected chi connectivity index (χ3v) is 4.80. The van der Waals surface area contributed by atoms with Crippen LogP contribution >= 0.6 is 34.8 Å². The van der Waals surface area contributed by atoms with Crippen LogP contribution in [0.4, 0.5) is 11.4 Å². The van der Waals surface area contributed by atoms with E-state index in [2.05, 4.69) is 10.3 Å². The van der Waals surface area contributed by atoms with E-state index in [0.717, 1.165) is 10.8 Å². The Labute approximate surface area is 169 Å². The minimum absolute atomic E-state index is 0.0630. The van der Waals surface area contributed by atoms with Crippen LogP contribution in [0.25, 0.3) is 10.8 Å². The largest absolute Gasteiger partial charge is 0.451 e. The average molecular weight is 425 g/mol. The molecule has 0 radical (unpaired) electrons. The number of nitrogens with two attached hydrogens (primary N) is 1. The first-order chi connectivity index (χ1) is 12.9. The average Bonchev–Trinajstić information content (AvgIpc) is 2.67. The molecule has 0 bridgehead atoms. The normalized spacial score (nSPS) is 10.6. The van der Waals surface area contributed by atoms with Crippen molar-refractivity contribution in [2.24, 2.45) is 0 Å². The van der Waals surface area contributed by atoms with Crippen LogP contribution in [0.15, 0.2) is 42.5 Å². The Hall–Kier alpha value is -2.54. The third-order valence-electron chi connectivity index (χ3n) is 3.66. The zero-order chi connectivity index (χ0) is 19.6. The van der Waals surface area contributed by atoms with Crippen LogP contribution in [-0.4, -0.2) is 23.5 Å². The fourth-order valence-electron chi connectivity index (χ4n) is 2.39. The highest BCUT2D eigenvalue weighted by Crippen LogP contribution is 2.34. The fraction of sp³-hybridized carbons (Fsp3) is 0.0556. The van der Waals surface area contributed by atoms with Gasteiger partial charge in [-0.25, -0.2) is 9.78 Å². The van der Waals surface area contributed by atoms with E-state index in [1.807, 2.05) is 36.4 Å². The van der Waals surface area contributed by atoms with E-state index in [4.69, 9.17) is 45.3 Å². The molecule has 0 unspecified atom stereocenters. The second kappa shape index (κ2) is 8.00. The number of anilines is 2. The van der Waals surface area contributed by atoms with Gasteiger partial charge in [0.1, 0.15) is 5.02 Å². The molecular formula is C18H12Cl3N3O3. The molecule has 0 aliphatic heterocycles. The highest BCUT2D eigenvalue weighted by molar-refractivity contribution is 6.46. The number of nitrogens with zero attached hydrogens (tertiary/aromatic N) is 1. The van der Waals surface area contributed by atoms with E-state index in [1.54, 1.807) is 6.07 Å². The van der Waals surface area contributed by atoms with Gasteiger partial charge < -0.3 is 15.8 Å². The van der Waals surface area contributed by atoms with Crippen molar-refractivity contribution in [3.8, 4) is 0 Å². The van der Waals surface area contributed by atoms with Crippen molar-refractivity contribution in [1.29, 1.82) is 0 Å². The number of aromatic nitrogens is 1. The number of pyridine rings is 1. The molecule has 0 saturated carbocycles. The topological polar surface area (TPSA) is 94.3 Å². The predicted molar refractivity (Wildman–Crippen MR) is 107 cm³/mol. The second-order valence-electron chi connectivity index (χ2n) is 5.44. The van der Waals surface area contributed by atoms with Gasteiger partial charge in [-0.05, 0) is 11.5 Å². The van der Waals surface area contributed by atoms with Gasteiger partial charge in [-0.2, -0.15) is 0 Å². The van der Waals surface area contributed by atoms with E-state index >= 15 is 0 Å². The van der Waals surface area contributed by atoms with Gasteiger partial charge in [0.25, 0.3) is 5.91 Å². The number of carbonyl (C=O) groups is 2. The van der Waals surface area contributed by atoms with E-state index < -0.39 is 18.5 Å². The number of carbonyl (C=O) groups excluding carboxylic acids is 2. The maximum atomic E-state index is 12.2. The standard InChI is InChI=1S/C18H12Cl3N3O3/c19-13-15(22)14(20)17(21)24-16(13)18(26)27-8-12(25)23-11-7-3-5-9-4-1-2-6-10(9)11/h1-7H,8H2,(H2,22,24)(H,23,25). The number of halogens is 3. The second-order valence-corrected chi connectivity index (χ2v) is 6.56. The molecule has 27 heavy (non-hydrogen) atoms. The molecule has 0 saturated heterocycles. The number of hydrogen-bond acceptors (Lipinski definition) is 5. The van der Waals surface area contributed by atoms with Crippen molar-refractivity contribution in [2.45, 2.75) is 0 Å². The zero-order valence-corrected chi connectivity index (χ0v) is 15.9. The van der Waals surface area contributed by atoms with Crippen LogP contribution < -0.4 is 11.1 Å². The van der Waals surface area contributed by atoms with Gasteiger partial charge in [-0.1, -0.05) is 71.2 Å². The van der Waals surface area contributed by atoms with Crippen LogP contribution in [0.5, 0.6) is 0 Å². The van der Waals surface area contributed by atoms with Crippen molar-refractivity contribution in [2.75, 3.05) is 17.7 Å². The van der Waals surface area contributed by atoms with Gasteiger partial charge >= 0.3 is 5.97 Å². The van der Waals surface area contributed by atoms with Crippen molar-refractivity contribution >= 4 is 68.8 Å². The van der Waals surface area contributed by atoms with Crippen molar-refractivity contribution in [3.63, 3.8) is 0 Å². The fourth-order valence-corrected chi connectivity index (χ4v) is 2.97. The smallest absolute Gasteiger partial charge is 0.359 e. The maximum Gasteiger partial charge on any atom is 0.359 e. The minimum atomic E-state index is -0.946. The van der Waals surface area contributed by atoms with Crippen LogP contribution in [0, 0.1) is 0 Å². The Morgan fingerprint density at radius 2 is 1.74 bits per heavy atom. The van der Waals surface area contributed by atoms with E-state index in [-0.39, 0.29) is 26.6 Å². The Balaban J connectivity index is 1.70. The molecule has 138 valence electrons. The van der Waals surface area contributed by atoms with Crippen LogP contribution in [-0.2, 0) is 9.53 Å². The summed E-state index contributed by atoms with van der Waals surface area (Å²) in [6.07, 6.45) is 0. The molecule has 9 heteroatoms. The van der Waals surface area contributed by atoms with Gasteiger partial charge in [-0.15, -0.1) is 0 Å². The summed E-state index contributed by atoms with van der Waals surface area (Å²) in [5.74, 6) is -1.47. The van der Waals surface area contributed by atoms with E-state index in [1.165, 1.54) is 0 Å². The van der Waals surface area contributed by atoms with Gasteiger partial charge in [-0.3, -0.25) is 4.79 Å². The number of nitrogen functional groups attached to an aromatic ring is 1. The Morgan fingerprint density at radius 3 is 2.52 bits per heavy atom. The molecule has 2 aromatic carbocycles. The minimum Gasteiger partial charge on any atom is -0.451 e. The molecule has 3 rings (SSSR count). The van der Waals surface area contributed by atoms with Crippen molar-refractivity contribution in [1.82, 2.24) is 4.98 Å². The molecule has 6 nitrogen and oxygen atoms in total. The molecule has 0 aliphatic rings. The number of benzene rings is 2. The first-order valence-electron chi connectivity index (χ1n) is 7.63. The highest BCUT2D eigenvalue weighted by Gasteiger charge is 2.21. The lowest BCUT2D eigenvalue weighted by Gasteiger charge is -2.10. The Morgan fingerprint density at radius 1 is 1.04 bits per heavy atom. The molecule has 0 atom stereocenters. The molecule has 0 spiro atoms. The lowest BCUT2D eigenvalue weighted by Crippen LogP contribution is -2.22. The lowest BCUT2D eigenvalue weighted by atomic mass is 10.1. The van der Waals surface area contributed by atoms with Crippen molar-refractivity contribution in [3.05, 3.63) is 63.4 Å². The molecule has 1 amide bonds. The number of fused-ring (bicyclic) bond motifs is 1. The highest BCUT2D eigenvalue weighted by atomic mass is 35.5. The SMILES string of the molecule is Nc1c(Cl)c(Cl)nc(C(=O)OCC(=O)Nc2cccc3ccccc23)c1Cl. The number of nitrogens with one attached hydrogen (secondary N) is 1. The van der Waals surface area contributed by atoms with Crippen LogP contribution in [0.2, 0.25) is 15.2 Å². The van der Waals surface area contributed by atoms with Gasteiger partial charge in [0.15, 0.2) is 17.5 Å². The number of esters is 1. The quantitative estimate of drug-likeness (QED) is 0.472. The summed E-state index contributed by atoms with van der Waals surface area (Å²) in [4.78, 5) is 28.0. The molecular weight excluding hydrogens is 413 g/mol. The Kier molecular flexibility index (Phi) is 5.70. The number of amides is 1. The first kappa shape index (κ1) is 19.2. The number of rotatable bonds is 4. The van der Waals surface area contributed by atoms with E-state index in [0.29, 0.717) is 5.69 Å². The zero-order valence-electron chi connectivity index (χ0n) is 13.6. The summed E-state index contributed by atoms with van der Waals surface area (Å²) in [5, 5.41) is 4.08. The number of hydrogen-bond donors (Lipinski definition) is 2. The molecule has 1 aromatic heterocycles. The first-order valence-corrected chi connectivity index (χ1v) is 8.76. The van der Waals surface area contributed by atoms with Gasteiger partial charge in [0.05, 0.1) is 10.7 Å².